The van der Waals surface area contributed by atoms with E-state index in [-0.39, 0.29) is 13.2 Å². The average molecular weight is 179 g/mol. The van der Waals surface area contributed by atoms with Crippen LogP contribution in [0.3, 0.4) is 0 Å². The number of ether oxygens (including phenoxy) is 2. The molecular weight excluding hydrogens is 168 g/mol. The maximum absolute atomic E-state index is 9.86. The Morgan fingerprint density at radius 1 is 1.27 bits per heavy atom. The molecule has 0 saturated heterocycles. The van der Waals surface area contributed by atoms with Gasteiger partial charge in [0.05, 0.1) is 19.8 Å². The summed E-state index contributed by atoms with van der Waals surface area (Å²) in [6.45, 7) is 1.33. The fourth-order valence-corrected chi connectivity index (χ4v) is 0.678. The molecule has 0 atom stereocenters. The third-order valence-electron chi connectivity index (χ3n) is 0.879. The van der Waals surface area contributed by atoms with Gasteiger partial charge < -0.3 is 23.2 Å². The molecule has 0 saturated carbocycles. The van der Waals surface area contributed by atoms with Gasteiger partial charge in [-0.1, -0.05) is 0 Å². The van der Waals surface area contributed by atoms with Crippen molar-refractivity contribution in [1.82, 2.24) is 0 Å². The van der Waals surface area contributed by atoms with Crippen molar-refractivity contribution < 1.29 is 23.2 Å². The monoisotopic (exact) mass is 179 g/mol. The summed E-state index contributed by atoms with van der Waals surface area (Å²) in [5.74, 6) is 0. The molecule has 0 radical (unpaired) electrons. The molecule has 0 unspecified atom stereocenters. The first-order chi connectivity index (χ1) is 5.27. The lowest BCUT2D eigenvalue weighted by Crippen LogP contribution is -2.25. The van der Waals surface area contributed by atoms with E-state index < -0.39 is 9.17 Å². The zero-order chi connectivity index (χ0) is 8.53. The molecule has 0 spiro atoms. The molecule has 0 aromatic rings. The highest BCUT2D eigenvalue weighted by Gasteiger charge is 1.87. The predicted octanol–water partition coefficient (Wildman–Crippen LogP) is -1.56. The summed E-state index contributed by atoms with van der Waals surface area (Å²) in [5.41, 5.74) is 0. The zero-order valence-corrected chi connectivity index (χ0v) is 7.37. The summed E-state index contributed by atoms with van der Waals surface area (Å²) < 4.78 is 23.7. The third kappa shape index (κ3) is 9.54. The summed E-state index contributed by atoms with van der Waals surface area (Å²) in [6, 6.07) is 0. The average Bonchev–Trinajstić information content (AvgIpc) is 1.96. The van der Waals surface area contributed by atoms with Crippen molar-refractivity contribution >= 4 is 9.17 Å². The lowest BCUT2D eigenvalue weighted by molar-refractivity contribution is -0.230. The Kier molecular flexibility index (Phi) is 7.32. The molecule has 0 heterocycles. The minimum Gasteiger partial charge on any atom is -0.586 e. The Bertz CT molecular complexity index is 107. The second-order valence-corrected chi connectivity index (χ2v) is 2.49. The summed E-state index contributed by atoms with van der Waals surface area (Å²) in [5, 5.41) is 0. The molecule has 66 valence electrons. The summed E-state index contributed by atoms with van der Waals surface area (Å²) >= 11 is 0. The zero-order valence-electron chi connectivity index (χ0n) is 6.37. The maximum Gasteiger partial charge on any atom is 0.413 e. The van der Waals surface area contributed by atoms with Gasteiger partial charge in [0.15, 0.2) is 0 Å². The van der Waals surface area contributed by atoms with Crippen molar-refractivity contribution in [3.8, 4) is 0 Å². The Balaban J connectivity index is 2.85. The second-order valence-electron chi connectivity index (χ2n) is 1.70. The van der Waals surface area contributed by atoms with Gasteiger partial charge in [-0.2, -0.15) is 0 Å². The molecule has 0 aromatic heterocycles. The lowest BCUT2D eigenvalue weighted by atomic mass is 10.7. The molecular formula is C5H11O5Si-. The van der Waals surface area contributed by atoms with Crippen LogP contribution in [0.1, 0.15) is 0 Å². The summed E-state index contributed by atoms with van der Waals surface area (Å²) in [7, 11) is -1.47. The molecule has 0 rings (SSSR count). The van der Waals surface area contributed by atoms with E-state index in [1.807, 2.05) is 0 Å². The first-order valence-corrected chi connectivity index (χ1v) is 4.40. The van der Waals surface area contributed by atoms with Crippen LogP contribution < -0.4 is 4.80 Å². The smallest absolute Gasteiger partial charge is 0.413 e. The van der Waals surface area contributed by atoms with Gasteiger partial charge in [0.2, 0.25) is 0 Å². The van der Waals surface area contributed by atoms with Gasteiger partial charge in [0.1, 0.15) is 0 Å². The van der Waals surface area contributed by atoms with Gasteiger partial charge in [0.25, 0.3) is 0 Å². The number of hydrogen-bond acceptors (Lipinski definition) is 5. The van der Waals surface area contributed by atoms with Crippen molar-refractivity contribution in [2.45, 2.75) is 0 Å². The Morgan fingerprint density at radius 3 is 2.45 bits per heavy atom. The summed E-state index contributed by atoms with van der Waals surface area (Å²) in [4.78, 5) is 9.86. The van der Waals surface area contributed by atoms with E-state index in [2.05, 4.69) is 9.16 Å². The largest absolute Gasteiger partial charge is 0.586 e. The molecule has 6 heteroatoms. The second kappa shape index (κ2) is 7.64. The standard InChI is InChI=1S/C5H11O5Si/c1-8-2-3-9-4-5-10-11(6)7/h2-5H2,1H3/q-1. The van der Waals surface area contributed by atoms with Crippen molar-refractivity contribution in [3.63, 3.8) is 0 Å². The molecule has 0 aliphatic heterocycles. The van der Waals surface area contributed by atoms with E-state index in [1.54, 1.807) is 7.11 Å². The molecule has 0 amide bonds. The van der Waals surface area contributed by atoms with E-state index in [1.165, 1.54) is 0 Å². The first-order valence-electron chi connectivity index (χ1n) is 3.18. The fraction of sp³-hybridized carbons (Fsp3) is 1.00. The molecule has 5 nitrogen and oxygen atoms in total. The normalized spacial score (nSPS) is 9.55. The van der Waals surface area contributed by atoms with Crippen LogP contribution in [0, 0.1) is 0 Å². The van der Waals surface area contributed by atoms with E-state index in [4.69, 9.17) is 4.74 Å². The van der Waals surface area contributed by atoms with E-state index in [0.29, 0.717) is 13.2 Å². The Morgan fingerprint density at radius 2 is 1.91 bits per heavy atom. The van der Waals surface area contributed by atoms with Gasteiger partial charge in [-0.15, -0.1) is 0 Å². The van der Waals surface area contributed by atoms with Gasteiger partial charge in [-0.3, -0.25) is 0 Å². The molecule has 0 aliphatic carbocycles. The highest BCUT2D eigenvalue weighted by molar-refractivity contribution is 6.21. The van der Waals surface area contributed by atoms with Crippen molar-refractivity contribution in [2.75, 3.05) is 33.5 Å². The molecule has 11 heavy (non-hydrogen) atoms. The van der Waals surface area contributed by atoms with Crippen LogP contribution in [-0.2, 0) is 18.4 Å². The van der Waals surface area contributed by atoms with Gasteiger partial charge >= 0.3 is 9.17 Å². The van der Waals surface area contributed by atoms with Crippen molar-refractivity contribution in [3.05, 3.63) is 0 Å². The third-order valence-corrected chi connectivity index (χ3v) is 1.32. The number of methoxy groups -OCH3 is 1. The molecule has 0 fully saturated rings. The lowest BCUT2D eigenvalue weighted by Gasteiger charge is -2.07. The first kappa shape index (κ1) is 10.5. The van der Waals surface area contributed by atoms with Crippen LogP contribution in [0.25, 0.3) is 0 Å². The molecule has 0 N–H and O–H groups in total. The number of rotatable bonds is 7. The minimum atomic E-state index is -3.04. The van der Waals surface area contributed by atoms with Crippen LogP contribution in [0.5, 0.6) is 0 Å². The number of hydrogen-bond donors (Lipinski definition) is 0. The molecule has 0 aromatic carbocycles. The highest BCUT2D eigenvalue weighted by atomic mass is 28.3. The van der Waals surface area contributed by atoms with Crippen LogP contribution in [0.15, 0.2) is 0 Å². The Hall–Kier alpha value is -0.463. The van der Waals surface area contributed by atoms with E-state index in [9.17, 15) is 9.26 Å². The minimum absolute atomic E-state index is 0.0883. The van der Waals surface area contributed by atoms with E-state index >= 15 is 0 Å². The van der Waals surface area contributed by atoms with Crippen LogP contribution >= 0.6 is 0 Å². The van der Waals surface area contributed by atoms with Gasteiger partial charge in [-0.05, 0) is 0 Å². The van der Waals surface area contributed by atoms with Crippen LogP contribution in [0.4, 0.5) is 0 Å². The fourth-order valence-electron chi connectivity index (χ4n) is 0.428. The van der Waals surface area contributed by atoms with Crippen LogP contribution in [0.2, 0.25) is 0 Å². The van der Waals surface area contributed by atoms with Gasteiger partial charge in [-0.25, -0.2) is 0 Å². The molecule has 0 aliphatic rings. The topological polar surface area (TPSA) is 67.8 Å². The van der Waals surface area contributed by atoms with Crippen molar-refractivity contribution in [2.24, 2.45) is 0 Å². The Labute approximate surface area is 66.8 Å². The highest BCUT2D eigenvalue weighted by Crippen LogP contribution is 1.76. The molecule has 0 bridgehead atoms. The van der Waals surface area contributed by atoms with Gasteiger partial charge in [0, 0.05) is 13.7 Å². The summed E-state index contributed by atoms with van der Waals surface area (Å²) in [6.07, 6.45) is 0. The van der Waals surface area contributed by atoms with Crippen LogP contribution in [-0.4, -0.2) is 42.7 Å². The maximum atomic E-state index is 9.86. The SMILES string of the molecule is COCCOCCO[Si](=O)[O-]. The predicted molar refractivity (Wildman–Crippen MR) is 35.1 cm³/mol. The van der Waals surface area contributed by atoms with E-state index in [0.717, 1.165) is 0 Å². The van der Waals surface area contributed by atoms with Crippen molar-refractivity contribution in [1.29, 1.82) is 0 Å². The quantitative estimate of drug-likeness (QED) is 0.349.